The number of benzene rings is 2. The summed E-state index contributed by atoms with van der Waals surface area (Å²) < 4.78 is 5.62. The smallest absolute Gasteiger partial charge is 0.252 e. The van der Waals surface area contributed by atoms with Crippen molar-refractivity contribution in [1.29, 1.82) is 0 Å². The molecule has 5 heteroatoms. The predicted molar refractivity (Wildman–Crippen MR) is 107 cm³/mol. The summed E-state index contributed by atoms with van der Waals surface area (Å²) in [6.07, 6.45) is 3.23. The zero-order valence-electron chi connectivity index (χ0n) is 15.1. The number of rotatable bonds is 6. The van der Waals surface area contributed by atoms with Crippen LogP contribution in [0.4, 0.5) is 0 Å². The number of carbonyl (C=O) groups is 1. The highest BCUT2D eigenvalue weighted by molar-refractivity contribution is 7.09. The Labute approximate surface area is 163 Å². The monoisotopic (exact) mass is 378 g/mol. The highest BCUT2D eigenvalue weighted by atomic mass is 32.1. The van der Waals surface area contributed by atoms with Crippen molar-refractivity contribution in [2.24, 2.45) is 0 Å². The van der Waals surface area contributed by atoms with Gasteiger partial charge in [0.15, 0.2) is 0 Å². The molecule has 1 aromatic heterocycles. The average molecular weight is 378 g/mol. The molecule has 1 fully saturated rings. The SMILES string of the molecule is O=C([C@H]1CCCO1)N(Cc1ccc(-c2ccccc2)cc1)Cc1nccs1. The maximum Gasteiger partial charge on any atom is 0.252 e. The normalized spacial score (nSPS) is 16.4. The van der Waals surface area contributed by atoms with E-state index in [4.69, 9.17) is 4.74 Å². The summed E-state index contributed by atoms with van der Waals surface area (Å²) in [7, 11) is 0. The fourth-order valence-corrected chi connectivity index (χ4v) is 3.97. The van der Waals surface area contributed by atoms with E-state index in [9.17, 15) is 4.79 Å². The standard InChI is InChI=1S/C22H22N2O2S/c25-22(20-7-4-13-26-20)24(16-21-23-12-14-27-21)15-17-8-10-19(11-9-17)18-5-2-1-3-6-18/h1-3,5-6,8-12,14,20H,4,7,13,15-16H2/t20-/m1/s1. The maximum atomic E-state index is 12.9. The van der Waals surface area contributed by atoms with Crippen molar-refractivity contribution in [3.05, 3.63) is 76.7 Å². The van der Waals surface area contributed by atoms with Gasteiger partial charge in [-0.1, -0.05) is 54.6 Å². The molecule has 0 saturated carbocycles. The molecule has 2 heterocycles. The summed E-state index contributed by atoms with van der Waals surface area (Å²) in [6, 6.07) is 18.7. The molecule has 4 nitrogen and oxygen atoms in total. The van der Waals surface area contributed by atoms with Gasteiger partial charge in [0.1, 0.15) is 11.1 Å². The van der Waals surface area contributed by atoms with Crippen LogP contribution in [-0.2, 0) is 22.6 Å². The quantitative estimate of drug-likeness (QED) is 0.633. The van der Waals surface area contributed by atoms with E-state index in [0.717, 1.165) is 23.4 Å². The summed E-state index contributed by atoms with van der Waals surface area (Å²) in [5.74, 6) is 0.0647. The first-order valence-corrected chi connectivity index (χ1v) is 10.1. The van der Waals surface area contributed by atoms with E-state index < -0.39 is 0 Å². The number of aromatic nitrogens is 1. The summed E-state index contributed by atoms with van der Waals surface area (Å²) in [5.41, 5.74) is 3.48. The first-order chi connectivity index (χ1) is 13.3. The second kappa shape index (κ2) is 8.46. The van der Waals surface area contributed by atoms with Gasteiger partial charge in [0.25, 0.3) is 5.91 Å². The van der Waals surface area contributed by atoms with Gasteiger partial charge in [-0.25, -0.2) is 4.98 Å². The van der Waals surface area contributed by atoms with E-state index in [2.05, 4.69) is 41.4 Å². The fourth-order valence-electron chi connectivity index (χ4n) is 3.34. The molecule has 27 heavy (non-hydrogen) atoms. The van der Waals surface area contributed by atoms with E-state index in [-0.39, 0.29) is 12.0 Å². The molecule has 0 aliphatic carbocycles. The second-order valence-electron chi connectivity index (χ2n) is 6.68. The number of nitrogens with zero attached hydrogens (tertiary/aromatic N) is 2. The molecule has 2 aromatic carbocycles. The lowest BCUT2D eigenvalue weighted by Crippen LogP contribution is -2.38. The lowest BCUT2D eigenvalue weighted by Gasteiger charge is -2.24. The van der Waals surface area contributed by atoms with Gasteiger partial charge in [-0.15, -0.1) is 11.3 Å². The van der Waals surface area contributed by atoms with E-state index in [0.29, 0.717) is 19.7 Å². The molecule has 138 valence electrons. The van der Waals surface area contributed by atoms with Gasteiger partial charge in [-0.05, 0) is 29.5 Å². The Morgan fingerprint density at radius 3 is 2.52 bits per heavy atom. The van der Waals surface area contributed by atoms with Gasteiger partial charge >= 0.3 is 0 Å². The van der Waals surface area contributed by atoms with Gasteiger partial charge in [-0.3, -0.25) is 4.79 Å². The number of thiazole rings is 1. The van der Waals surface area contributed by atoms with Crippen LogP contribution < -0.4 is 0 Å². The number of hydrogen-bond acceptors (Lipinski definition) is 4. The van der Waals surface area contributed by atoms with Crippen LogP contribution in [0.5, 0.6) is 0 Å². The number of carbonyl (C=O) groups excluding carboxylic acids is 1. The van der Waals surface area contributed by atoms with Gasteiger partial charge in [0.05, 0.1) is 6.54 Å². The summed E-state index contributed by atoms with van der Waals surface area (Å²) in [5, 5.41) is 2.89. The van der Waals surface area contributed by atoms with Crippen LogP contribution in [0.3, 0.4) is 0 Å². The molecule has 0 N–H and O–H groups in total. The molecule has 1 atom stereocenters. The molecule has 1 amide bonds. The van der Waals surface area contributed by atoms with Gasteiger partial charge in [-0.2, -0.15) is 0 Å². The van der Waals surface area contributed by atoms with Crippen LogP contribution in [0.1, 0.15) is 23.4 Å². The Morgan fingerprint density at radius 2 is 1.85 bits per heavy atom. The fraction of sp³-hybridized carbons (Fsp3) is 0.273. The minimum atomic E-state index is -0.312. The van der Waals surface area contributed by atoms with Gasteiger partial charge < -0.3 is 9.64 Å². The third kappa shape index (κ3) is 4.43. The maximum absolute atomic E-state index is 12.9. The van der Waals surface area contributed by atoms with Crippen LogP contribution in [0.15, 0.2) is 66.2 Å². The first kappa shape index (κ1) is 17.9. The molecule has 0 unspecified atom stereocenters. The van der Waals surface area contributed by atoms with Crippen molar-refractivity contribution >= 4 is 17.2 Å². The third-order valence-electron chi connectivity index (χ3n) is 4.76. The van der Waals surface area contributed by atoms with Crippen LogP contribution in [0.2, 0.25) is 0 Å². The van der Waals surface area contributed by atoms with Crippen LogP contribution >= 0.6 is 11.3 Å². The summed E-state index contributed by atoms with van der Waals surface area (Å²) in [4.78, 5) is 19.2. The molecule has 3 aromatic rings. The van der Waals surface area contributed by atoms with Crippen molar-refractivity contribution in [1.82, 2.24) is 9.88 Å². The third-order valence-corrected chi connectivity index (χ3v) is 5.53. The lowest BCUT2D eigenvalue weighted by molar-refractivity contribution is -0.142. The second-order valence-corrected chi connectivity index (χ2v) is 7.66. The lowest BCUT2D eigenvalue weighted by atomic mass is 10.0. The van der Waals surface area contributed by atoms with E-state index >= 15 is 0 Å². The molecule has 0 spiro atoms. The van der Waals surface area contributed by atoms with Crippen LogP contribution in [0.25, 0.3) is 11.1 Å². The van der Waals surface area contributed by atoms with Crippen molar-refractivity contribution in [3.63, 3.8) is 0 Å². The molecule has 1 aliphatic rings. The number of hydrogen-bond donors (Lipinski definition) is 0. The van der Waals surface area contributed by atoms with E-state index in [1.54, 1.807) is 17.5 Å². The van der Waals surface area contributed by atoms with Gasteiger partial charge in [0, 0.05) is 24.7 Å². The Hall–Kier alpha value is -2.50. The topological polar surface area (TPSA) is 42.4 Å². The Balaban J connectivity index is 1.51. The van der Waals surface area contributed by atoms with Crippen LogP contribution in [0, 0.1) is 0 Å². The number of amides is 1. The molecule has 1 aliphatic heterocycles. The average Bonchev–Trinajstić information content (AvgIpc) is 3.42. The summed E-state index contributed by atoms with van der Waals surface area (Å²) in [6.45, 7) is 1.76. The number of ether oxygens (including phenoxy) is 1. The molecule has 0 bridgehead atoms. The Bertz CT molecular complexity index is 857. The van der Waals surface area contributed by atoms with Crippen LogP contribution in [-0.4, -0.2) is 28.5 Å². The largest absolute Gasteiger partial charge is 0.368 e. The molecular formula is C22H22N2O2S. The zero-order chi connectivity index (χ0) is 18.5. The van der Waals surface area contributed by atoms with E-state index in [1.807, 2.05) is 28.5 Å². The minimum Gasteiger partial charge on any atom is -0.368 e. The van der Waals surface area contributed by atoms with E-state index in [1.165, 1.54) is 11.1 Å². The van der Waals surface area contributed by atoms with Crippen molar-refractivity contribution in [2.45, 2.75) is 32.0 Å². The molecule has 1 saturated heterocycles. The first-order valence-electron chi connectivity index (χ1n) is 9.23. The Kier molecular flexibility index (Phi) is 5.61. The highest BCUT2D eigenvalue weighted by Gasteiger charge is 2.28. The van der Waals surface area contributed by atoms with Gasteiger partial charge in [0.2, 0.25) is 0 Å². The predicted octanol–water partition coefficient (Wildman–Crippen LogP) is 4.52. The summed E-state index contributed by atoms with van der Waals surface area (Å²) >= 11 is 1.58. The Morgan fingerprint density at radius 1 is 1.07 bits per heavy atom. The zero-order valence-corrected chi connectivity index (χ0v) is 15.9. The van der Waals surface area contributed by atoms with Crippen molar-refractivity contribution in [2.75, 3.05) is 6.61 Å². The van der Waals surface area contributed by atoms with Crippen molar-refractivity contribution < 1.29 is 9.53 Å². The highest BCUT2D eigenvalue weighted by Crippen LogP contribution is 2.22. The molecule has 4 rings (SSSR count). The molecule has 0 radical (unpaired) electrons. The molecular weight excluding hydrogens is 356 g/mol. The minimum absolute atomic E-state index is 0.0647. The van der Waals surface area contributed by atoms with Crippen molar-refractivity contribution in [3.8, 4) is 11.1 Å².